The lowest BCUT2D eigenvalue weighted by Gasteiger charge is -2.12. The summed E-state index contributed by atoms with van der Waals surface area (Å²) in [5.41, 5.74) is 8.67. The highest BCUT2D eigenvalue weighted by atomic mass is 16.3. The Labute approximate surface area is 108 Å². The molecule has 2 rings (SSSR count). The van der Waals surface area contributed by atoms with Gasteiger partial charge in [-0.1, -0.05) is 19.4 Å². The fraction of sp³-hybridized carbons (Fsp3) is 0.500. The van der Waals surface area contributed by atoms with E-state index < -0.39 is 0 Å². The van der Waals surface area contributed by atoms with Crippen LogP contribution in [0.5, 0.6) is 0 Å². The van der Waals surface area contributed by atoms with Gasteiger partial charge in [0.05, 0.1) is 0 Å². The summed E-state index contributed by atoms with van der Waals surface area (Å²) in [6.07, 6.45) is 1.11. The van der Waals surface area contributed by atoms with Crippen molar-refractivity contribution in [2.24, 2.45) is 11.7 Å². The van der Waals surface area contributed by atoms with Crippen molar-refractivity contribution in [3.63, 3.8) is 0 Å². The normalized spacial score (nSPS) is 13.1. The molecule has 3 N–H and O–H groups in total. The number of aryl methyl sites for hydroxylation is 1. The molecule has 2 aromatic rings. The average Bonchev–Trinajstić information content (AvgIpc) is 2.74. The smallest absolute Gasteiger partial charge is 0.192 e. The SMILES string of the molecule is CCC(CN)CNCc1ccc2nc(C)oc2c1. The quantitative estimate of drug-likeness (QED) is 0.821. The second-order valence-corrected chi connectivity index (χ2v) is 4.68. The molecule has 0 saturated heterocycles. The van der Waals surface area contributed by atoms with Gasteiger partial charge in [0.15, 0.2) is 11.5 Å². The van der Waals surface area contributed by atoms with Crippen LogP contribution in [0.3, 0.4) is 0 Å². The van der Waals surface area contributed by atoms with E-state index in [9.17, 15) is 0 Å². The van der Waals surface area contributed by atoms with Gasteiger partial charge in [0.1, 0.15) is 5.52 Å². The zero-order valence-corrected chi connectivity index (χ0v) is 11.1. The topological polar surface area (TPSA) is 64.1 Å². The van der Waals surface area contributed by atoms with E-state index in [0.29, 0.717) is 11.8 Å². The van der Waals surface area contributed by atoms with Crippen molar-refractivity contribution in [2.45, 2.75) is 26.8 Å². The number of benzene rings is 1. The summed E-state index contributed by atoms with van der Waals surface area (Å²) >= 11 is 0. The van der Waals surface area contributed by atoms with E-state index in [1.807, 2.05) is 19.1 Å². The molecule has 4 heteroatoms. The number of hydrogen-bond acceptors (Lipinski definition) is 4. The van der Waals surface area contributed by atoms with Crippen LogP contribution in [-0.4, -0.2) is 18.1 Å². The molecule has 1 aromatic heterocycles. The maximum atomic E-state index is 5.68. The molecular weight excluding hydrogens is 226 g/mol. The zero-order chi connectivity index (χ0) is 13.0. The van der Waals surface area contributed by atoms with Gasteiger partial charge >= 0.3 is 0 Å². The maximum absolute atomic E-state index is 5.68. The van der Waals surface area contributed by atoms with E-state index in [2.05, 4.69) is 23.3 Å². The van der Waals surface area contributed by atoms with E-state index in [4.69, 9.17) is 10.2 Å². The summed E-state index contributed by atoms with van der Waals surface area (Å²) in [7, 11) is 0. The summed E-state index contributed by atoms with van der Waals surface area (Å²) < 4.78 is 5.52. The minimum atomic E-state index is 0.557. The Hall–Kier alpha value is -1.39. The summed E-state index contributed by atoms with van der Waals surface area (Å²) in [4.78, 5) is 4.29. The molecule has 98 valence electrons. The van der Waals surface area contributed by atoms with Crippen LogP contribution >= 0.6 is 0 Å². The molecule has 0 aliphatic rings. The highest BCUT2D eigenvalue weighted by molar-refractivity contribution is 5.73. The van der Waals surface area contributed by atoms with Crippen LogP contribution in [0.1, 0.15) is 24.8 Å². The molecule has 1 unspecified atom stereocenters. The predicted molar refractivity (Wildman–Crippen MR) is 73.3 cm³/mol. The first kappa shape index (κ1) is 13.1. The van der Waals surface area contributed by atoms with Gasteiger partial charge < -0.3 is 15.5 Å². The average molecular weight is 247 g/mol. The van der Waals surface area contributed by atoms with E-state index >= 15 is 0 Å². The van der Waals surface area contributed by atoms with E-state index in [0.717, 1.165) is 37.2 Å². The number of rotatable bonds is 6. The minimum absolute atomic E-state index is 0.557. The molecule has 0 saturated carbocycles. The number of fused-ring (bicyclic) bond motifs is 1. The monoisotopic (exact) mass is 247 g/mol. The summed E-state index contributed by atoms with van der Waals surface area (Å²) in [5.74, 6) is 1.27. The Balaban J connectivity index is 1.95. The fourth-order valence-electron chi connectivity index (χ4n) is 2.01. The predicted octanol–water partition coefficient (Wildman–Crippen LogP) is 2.21. The number of oxazole rings is 1. The van der Waals surface area contributed by atoms with E-state index in [1.54, 1.807) is 0 Å². The Morgan fingerprint density at radius 2 is 2.28 bits per heavy atom. The summed E-state index contributed by atoms with van der Waals surface area (Å²) in [6.45, 7) is 6.57. The molecule has 0 bridgehead atoms. The Kier molecular flexibility index (Phi) is 4.33. The molecule has 0 spiro atoms. The van der Waals surface area contributed by atoms with Gasteiger partial charge in [-0.2, -0.15) is 0 Å². The van der Waals surface area contributed by atoms with Crippen molar-refractivity contribution >= 4 is 11.1 Å². The van der Waals surface area contributed by atoms with Crippen LogP contribution in [0.2, 0.25) is 0 Å². The molecular formula is C14H21N3O. The van der Waals surface area contributed by atoms with Gasteiger partial charge in [-0.3, -0.25) is 0 Å². The van der Waals surface area contributed by atoms with Crippen molar-refractivity contribution in [3.8, 4) is 0 Å². The number of aromatic nitrogens is 1. The fourth-order valence-corrected chi connectivity index (χ4v) is 2.01. The van der Waals surface area contributed by atoms with E-state index in [-0.39, 0.29) is 0 Å². The molecule has 1 atom stereocenters. The minimum Gasteiger partial charge on any atom is -0.441 e. The Bertz CT molecular complexity index is 503. The van der Waals surface area contributed by atoms with Crippen molar-refractivity contribution in [3.05, 3.63) is 29.7 Å². The van der Waals surface area contributed by atoms with Crippen molar-refractivity contribution in [1.29, 1.82) is 0 Å². The van der Waals surface area contributed by atoms with Crippen molar-refractivity contribution < 1.29 is 4.42 Å². The Morgan fingerprint density at radius 1 is 1.44 bits per heavy atom. The summed E-state index contributed by atoms with van der Waals surface area (Å²) in [5, 5.41) is 3.43. The molecule has 0 aliphatic heterocycles. The zero-order valence-electron chi connectivity index (χ0n) is 11.1. The molecule has 0 amide bonds. The lowest BCUT2D eigenvalue weighted by atomic mass is 10.1. The second-order valence-electron chi connectivity index (χ2n) is 4.68. The van der Waals surface area contributed by atoms with Gasteiger partial charge in [0.25, 0.3) is 0 Å². The molecule has 4 nitrogen and oxygen atoms in total. The highest BCUT2D eigenvalue weighted by Crippen LogP contribution is 2.16. The number of nitrogens with two attached hydrogens (primary N) is 1. The van der Waals surface area contributed by atoms with Crippen LogP contribution < -0.4 is 11.1 Å². The molecule has 1 heterocycles. The largest absolute Gasteiger partial charge is 0.441 e. The molecule has 0 aliphatic carbocycles. The highest BCUT2D eigenvalue weighted by Gasteiger charge is 2.05. The third kappa shape index (κ3) is 3.09. The van der Waals surface area contributed by atoms with Crippen molar-refractivity contribution in [2.75, 3.05) is 13.1 Å². The van der Waals surface area contributed by atoms with E-state index in [1.165, 1.54) is 5.56 Å². The number of hydrogen-bond donors (Lipinski definition) is 2. The molecule has 0 fully saturated rings. The molecule has 0 radical (unpaired) electrons. The van der Waals surface area contributed by atoms with Crippen LogP contribution in [0.15, 0.2) is 22.6 Å². The number of nitrogens with one attached hydrogen (secondary N) is 1. The molecule has 18 heavy (non-hydrogen) atoms. The standard InChI is InChI=1S/C14H21N3O/c1-3-11(7-15)8-16-9-12-4-5-13-14(6-12)18-10(2)17-13/h4-6,11,16H,3,7-9,15H2,1-2H3. The third-order valence-electron chi connectivity index (χ3n) is 3.23. The Morgan fingerprint density at radius 3 is 3.00 bits per heavy atom. The summed E-state index contributed by atoms with van der Waals surface area (Å²) in [6, 6.07) is 6.13. The van der Waals surface area contributed by atoms with Crippen LogP contribution in [0.4, 0.5) is 0 Å². The van der Waals surface area contributed by atoms with Gasteiger partial charge in [-0.05, 0) is 36.7 Å². The number of nitrogens with zero attached hydrogens (tertiary/aromatic N) is 1. The van der Waals surface area contributed by atoms with Crippen molar-refractivity contribution in [1.82, 2.24) is 10.3 Å². The first-order chi connectivity index (χ1) is 8.72. The first-order valence-electron chi connectivity index (χ1n) is 6.49. The van der Waals surface area contributed by atoms with Crippen LogP contribution in [0.25, 0.3) is 11.1 Å². The second kappa shape index (κ2) is 5.98. The van der Waals surface area contributed by atoms with Gasteiger partial charge in [0, 0.05) is 13.5 Å². The lowest BCUT2D eigenvalue weighted by molar-refractivity contribution is 0.471. The molecule has 1 aromatic carbocycles. The van der Waals surface area contributed by atoms with Crippen LogP contribution in [-0.2, 0) is 6.54 Å². The van der Waals surface area contributed by atoms with Crippen LogP contribution in [0, 0.1) is 12.8 Å². The third-order valence-corrected chi connectivity index (χ3v) is 3.23. The van der Waals surface area contributed by atoms with Gasteiger partial charge in [-0.15, -0.1) is 0 Å². The first-order valence-corrected chi connectivity index (χ1v) is 6.49. The van der Waals surface area contributed by atoms with Gasteiger partial charge in [0.2, 0.25) is 0 Å². The van der Waals surface area contributed by atoms with Gasteiger partial charge in [-0.25, -0.2) is 4.98 Å². The maximum Gasteiger partial charge on any atom is 0.192 e. The lowest BCUT2D eigenvalue weighted by Crippen LogP contribution is -2.27.